The van der Waals surface area contributed by atoms with Crippen LogP contribution in [0.2, 0.25) is 0 Å². The van der Waals surface area contributed by atoms with Crippen LogP contribution in [0.5, 0.6) is 0 Å². The van der Waals surface area contributed by atoms with Crippen LogP contribution < -0.4 is 0 Å². The molecule has 0 aromatic heterocycles. The Kier molecular flexibility index (Phi) is 7.32. The lowest BCUT2D eigenvalue weighted by molar-refractivity contribution is -0.131. The van der Waals surface area contributed by atoms with E-state index in [0.29, 0.717) is 30.2 Å². The van der Waals surface area contributed by atoms with Gasteiger partial charge in [-0.15, -0.1) is 11.8 Å². The average molecular weight is 403 g/mol. The van der Waals surface area contributed by atoms with Crippen LogP contribution >= 0.6 is 11.8 Å². The molecular weight excluding hydrogens is 368 g/mol. The lowest BCUT2D eigenvalue weighted by atomic mass is 10.0. The van der Waals surface area contributed by atoms with E-state index < -0.39 is 0 Å². The predicted molar refractivity (Wildman–Crippen MR) is 116 cm³/mol. The molecule has 1 saturated heterocycles. The first kappa shape index (κ1) is 20.2. The van der Waals surface area contributed by atoms with Crippen molar-refractivity contribution in [3.05, 3.63) is 35.9 Å². The van der Waals surface area contributed by atoms with Crippen LogP contribution in [0.1, 0.15) is 50.0 Å². The summed E-state index contributed by atoms with van der Waals surface area (Å²) in [5, 5.41) is 0.717. The molecule has 3 fully saturated rings. The number of carbonyl (C=O) groups is 1. The van der Waals surface area contributed by atoms with Crippen LogP contribution in [0, 0.1) is 5.92 Å². The number of nitrogens with zero attached hydrogens (tertiary/aromatic N) is 2. The number of rotatable bonds is 8. The van der Waals surface area contributed by atoms with E-state index in [0.717, 1.165) is 38.0 Å². The fourth-order valence-corrected chi connectivity index (χ4v) is 5.74. The second kappa shape index (κ2) is 10.1. The highest BCUT2D eigenvalue weighted by atomic mass is 32.2. The first-order valence-electron chi connectivity index (χ1n) is 11.0. The van der Waals surface area contributed by atoms with Crippen LogP contribution in [0.25, 0.3) is 0 Å². The van der Waals surface area contributed by atoms with Gasteiger partial charge in [-0.1, -0.05) is 49.6 Å². The molecule has 1 amide bonds. The summed E-state index contributed by atoms with van der Waals surface area (Å²) in [6, 6.07) is 10.8. The quantitative estimate of drug-likeness (QED) is 0.659. The summed E-state index contributed by atoms with van der Waals surface area (Å²) < 4.78 is 5.99. The third kappa shape index (κ3) is 5.74. The van der Waals surface area contributed by atoms with Crippen molar-refractivity contribution >= 4 is 17.7 Å². The summed E-state index contributed by atoms with van der Waals surface area (Å²) in [4.78, 5) is 16.9. The largest absolute Gasteiger partial charge is 0.366 e. The van der Waals surface area contributed by atoms with Crippen molar-refractivity contribution in [3.8, 4) is 0 Å². The molecule has 2 saturated carbocycles. The molecule has 2 atom stereocenters. The average Bonchev–Trinajstić information content (AvgIpc) is 3.53. The molecule has 1 aromatic carbocycles. The van der Waals surface area contributed by atoms with E-state index in [1.165, 1.54) is 44.1 Å². The topological polar surface area (TPSA) is 32.8 Å². The molecule has 2 aliphatic carbocycles. The number of piperazine rings is 1. The Labute approximate surface area is 174 Å². The zero-order valence-electron chi connectivity index (χ0n) is 16.9. The van der Waals surface area contributed by atoms with Gasteiger partial charge in [-0.2, -0.15) is 0 Å². The van der Waals surface area contributed by atoms with Crippen LogP contribution in [0.3, 0.4) is 0 Å². The minimum atomic E-state index is 0.333. The number of thioether (sulfide) groups is 1. The Hall–Kier alpha value is -1.04. The first-order chi connectivity index (χ1) is 13.8. The highest BCUT2D eigenvalue weighted by molar-refractivity contribution is 8.00. The van der Waals surface area contributed by atoms with Gasteiger partial charge in [0.25, 0.3) is 0 Å². The SMILES string of the molecule is O=C(CSC1CCCCC1)N1CCN(COC[C@@H]2C[C@H]2c2ccccc2)CC1. The van der Waals surface area contributed by atoms with Crippen molar-refractivity contribution in [1.29, 1.82) is 0 Å². The van der Waals surface area contributed by atoms with Crippen molar-refractivity contribution < 1.29 is 9.53 Å². The predicted octanol–water partition coefficient (Wildman–Crippen LogP) is 3.97. The molecule has 4 nitrogen and oxygen atoms in total. The Morgan fingerprint density at radius 2 is 1.79 bits per heavy atom. The maximum Gasteiger partial charge on any atom is 0.232 e. The Balaban J connectivity index is 1.07. The second-order valence-electron chi connectivity index (χ2n) is 8.58. The van der Waals surface area contributed by atoms with Crippen molar-refractivity contribution in [3.63, 3.8) is 0 Å². The summed E-state index contributed by atoms with van der Waals surface area (Å²) in [5.74, 6) is 2.38. The molecule has 0 N–H and O–H groups in total. The Morgan fingerprint density at radius 1 is 1.04 bits per heavy atom. The van der Waals surface area contributed by atoms with Crippen LogP contribution in [-0.2, 0) is 9.53 Å². The van der Waals surface area contributed by atoms with Crippen molar-refractivity contribution in [2.45, 2.75) is 49.7 Å². The maximum atomic E-state index is 12.5. The molecule has 154 valence electrons. The smallest absolute Gasteiger partial charge is 0.232 e. The third-order valence-corrected chi connectivity index (χ3v) is 7.83. The molecule has 3 aliphatic rings. The third-order valence-electron chi connectivity index (χ3n) is 6.48. The van der Waals surface area contributed by atoms with E-state index in [4.69, 9.17) is 4.74 Å². The monoisotopic (exact) mass is 402 g/mol. The van der Waals surface area contributed by atoms with E-state index >= 15 is 0 Å². The molecule has 4 rings (SSSR count). The summed E-state index contributed by atoms with van der Waals surface area (Å²) >= 11 is 1.89. The molecule has 1 heterocycles. The van der Waals surface area contributed by atoms with Gasteiger partial charge in [-0.25, -0.2) is 0 Å². The van der Waals surface area contributed by atoms with Gasteiger partial charge in [-0.3, -0.25) is 9.69 Å². The second-order valence-corrected chi connectivity index (χ2v) is 9.87. The molecular formula is C23H34N2O2S. The number of hydrogen-bond donors (Lipinski definition) is 0. The summed E-state index contributed by atoms with van der Waals surface area (Å²) in [5.41, 5.74) is 1.45. The van der Waals surface area contributed by atoms with Crippen molar-refractivity contribution in [2.24, 2.45) is 5.92 Å². The van der Waals surface area contributed by atoms with Crippen LogP contribution in [0.4, 0.5) is 0 Å². The fourth-order valence-electron chi connectivity index (χ4n) is 4.51. The fraction of sp³-hybridized carbons (Fsp3) is 0.696. The number of carbonyl (C=O) groups excluding carboxylic acids is 1. The molecule has 0 radical (unpaired) electrons. The molecule has 1 aromatic rings. The molecule has 0 spiro atoms. The molecule has 28 heavy (non-hydrogen) atoms. The van der Waals surface area contributed by atoms with Gasteiger partial charge in [0.1, 0.15) is 0 Å². The number of amides is 1. The minimum Gasteiger partial charge on any atom is -0.366 e. The number of hydrogen-bond acceptors (Lipinski definition) is 4. The summed E-state index contributed by atoms with van der Waals surface area (Å²) in [6.07, 6.45) is 7.92. The van der Waals surface area contributed by atoms with Gasteiger partial charge in [-0.05, 0) is 36.7 Å². The zero-order valence-corrected chi connectivity index (χ0v) is 17.7. The minimum absolute atomic E-state index is 0.333. The van der Waals surface area contributed by atoms with Crippen molar-refractivity contribution in [1.82, 2.24) is 9.80 Å². The summed E-state index contributed by atoms with van der Waals surface area (Å²) in [6.45, 7) is 5.14. The highest BCUT2D eigenvalue weighted by Crippen LogP contribution is 2.47. The summed E-state index contributed by atoms with van der Waals surface area (Å²) in [7, 11) is 0. The standard InChI is InChI=1S/C23H34N2O2S/c26-23(17-28-21-9-5-2-6-10-21)25-13-11-24(12-14-25)18-27-16-20-15-22(20)19-7-3-1-4-8-19/h1,3-4,7-8,20-22H,2,5-6,9-18H2/t20-,22-/m0/s1. The van der Waals surface area contributed by atoms with Crippen LogP contribution in [0.15, 0.2) is 30.3 Å². The van der Waals surface area contributed by atoms with E-state index in [2.05, 4.69) is 40.1 Å². The normalized spacial score (nSPS) is 26.4. The van der Waals surface area contributed by atoms with Crippen LogP contribution in [-0.4, -0.2) is 66.2 Å². The van der Waals surface area contributed by atoms with E-state index in [-0.39, 0.29) is 0 Å². The van der Waals surface area contributed by atoms with Gasteiger partial charge in [0.05, 0.1) is 19.1 Å². The molecule has 5 heteroatoms. The first-order valence-corrected chi connectivity index (χ1v) is 12.1. The van der Waals surface area contributed by atoms with E-state index in [9.17, 15) is 4.79 Å². The Morgan fingerprint density at radius 3 is 2.54 bits per heavy atom. The molecule has 1 aliphatic heterocycles. The maximum absolute atomic E-state index is 12.5. The van der Waals surface area contributed by atoms with Gasteiger partial charge in [0.2, 0.25) is 5.91 Å². The van der Waals surface area contributed by atoms with Gasteiger partial charge >= 0.3 is 0 Å². The highest BCUT2D eigenvalue weighted by Gasteiger charge is 2.38. The Bertz CT molecular complexity index is 612. The molecule has 0 unspecified atom stereocenters. The van der Waals surface area contributed by atoms with Gasteiger partial charge in [0.15, 0.2) is 0 Å². The van der Waals surface area contributed by atoms with Gasteiger partial charge in [0, 0.05) is 31.4 Å². The van der Waals surface area contributed by atoms with Gasteiger partial charge < -0.3 is 9.64 Å². The zero-order chi connectivity index (χ0) is 19.2. The lowest BCUT2D eigenvalue weighted by Gasteiger charge is -2.34. The molecule has 0 bridgehead atoms. The lowest BCUT2D eigenvalue weighted by Crippen LogP contribution is -2.49. The number of benzene rings is 1. The van der Waals surface area contributed by atoms with Crippen molar-refractivity contribution in [2.75, 3.05) is 45.3 Å². The van der Waals surface area contributed by atoms with E-state index in [1.807, 2.05) is 11.8 Å². The van der Waals surface area contributed by atoms with E-state index in [1.54, 1.807) is 0 Å². The number of ether oxygens (including phenoxy) is 1.